The van der Waals surface area contributed by atoms with E-state index in [0.29, 0.717) is 31.0 Å². The van der Waals surface area contributed by atoms with Crippen LogP contribution in [0.1, 0.15) is 45.4 Å². The lowest BCUT2D eigenvalue weighted by molar-refractivity contribution is -0.130. The number of aromatic nitrogens is 1. The molecule has 2 unspecified atom stereocenters. The van der Waals surface area contributed by atoms with Gasteiger partial charge in [-0.05, 0) is 37.3 Å². The minimum atomic E-state index is -1.25. The van der Waals surface area contributed by atoms with Crippen molar-refractivity contribution >= 4 is 18.0 Å². The van der Waals surface area contributed by atoms with Crippen molar-refractivity contribution in [2.24, 2.45) is 5.92 Å². The molecule has 0 radical (unpaired) electrons. The van der Waals surface area contributed by atoms with Gasteiger partial charge >= 0.3 is 0 Å². The van der Waals surface area contributed by atoms with Crippen molar-refractivity contribution in [3.63, 3.8) is 0 Å². The average Bonchev–Trinajstić information content (AvgIpc) is 2.65. The first-order chi connectivity index (χ1) is 11.7. The Morgan fingerprint density at radius 3 is 2.62 bits per heavy atom. The van der Waals surface area contributed by atoms with Gasteiger partial charge in [0.15, 0.2) is 6.10 Å². The maximum absolute atomic E-state index is 12.3. The molecule has 0 aliphatic heterocycles. The minimum Gasteiger partial charge on any atom is -0.381 e. The molecule has 1 aromatic heterocycles. The number of nitrogens with zero attached hydrogens (tertiary/aromatic N) is 2. The summed E-state index contributed by atoms with van der Waals surface area (Å²) in [5.74, 6) is 0.0886. The Labute approximate surface area is 143 Å². The molecular formula is C18H27N3O3. The van der Waals surface area contributed by atoms with Gasteiger partial charge in [-0.15, -0.1) is 0 Å². The van der Waals surface area contributed by atoms with Crippen LogP contribution in [-0.4, -0.2) is 41.1 Å². The van der Waals surface area contributed by atoms with Gasteiger partial charge in [0.2, 0.25) is 6.41 Å². The molecule has 2 N–H and O–H groups in total. The van der Waals surface area contributed by atoms with Gasteiger partial charge < -0.3 is 15.3 Å². The molecule has 0 spiro atoms. The zero-order chi connectivity index (χ0) is 17.4. The van der Waals surface area contributed by atoms with E-state index in [1.807, 2.05) is 6.92 Å². The van der Waals surface area contributed by atoms with Crippen LogP contribution in [0.3, 0.4) is 0 Å². The second kappa shape index (κ2) is 9.37. The number of rotatable bonds is 8. The van der Waals surface area contributed by atoms with Crippen molar-refractivity contribution in [2.45, 2.75) is 57.6 Å². The fourth-order valence-corrected chi connectivity index (χ4v) is 3.33. The maximum Gasteiger partial charge on any atom is 0.251 e. The highest BCUT2D eigenvalue weighted by molar-refractivity contribution is 5.84. The zero-order valence-corrected chi connectivity index (χ0v) is 14.2. The number of nitrogens with one attached hydrogen (secondary N) is 1. The molecule has 2 amide bonds. The SMILES string of the molecule is CCC(C(O)C(=O)NCC1CCCCC1)N(C=O)c1ccncc1. The van der Waals surface area contributed by atoms with Gasteiger partial charge in [-0.25, -0.2) is 0 Å². The number of carbonyl (C=O) groups is 2. The normalized spacial score (nSPS) is 17.8. The summed E-state index contributed by atoms with van der Waals surface area (Å²) in [6, 6.07) is 2.77. The number of hydrogen-bond acceptors (Lipinski definition) is 4. The van der Waals surface area contributed by atoms with E-state index in [0.717, 1.165) is 12.8 Å². The second-order valence-electron chi connectivity index (χ2n) is 6.39. The third-order valence-corrected chi connectivity index (χ3v) is 4.77. The Morgan fingerprint density at radius 1 is 1.38 bits per heavy atom. The van der Waals surface area contributed by atoms with E-state index in [1.54, 1.807) is 24.5 Å². The highest BCUT2D eigenvalue weighted by Crippen LogP contribution is 2.23. The fourth-order valence-electron chi connectivity index (χ4n) is 3.33. The van der Waals surface area contributed by atoms with Gasteiger partial charge in [0.25, 0.3) is 5.91 Å². The third-order valence-electron chi connectivity index (χ3n) is 4.77. The molecule has 1 aromatic rings. The first-order valence-electron chi connectivity index (χ1n) is 8.76. The highest BCUT2D eigenvalue weighted by atomic mass is 16.3. The molecule has 2 atom stereocenters. The largest absolute Gasteiger partial charge is 0.381 e. The van der Waals surface area contributed by atoms with Gasteiger partial charge in [-0.3, -0.25) is 14.6 Å². The highest BCUT2D eigenvalue weighted by Gasteiger charge is 2.30. The summed E-state index contributed by atoms with van der Waals surface area (Å²) >= 11 is 0. The number of aliphatic hydroxyl groups is 1. The third kappa shape index (κ3) is 4.77. The van der Waals surface area contributed by atoms with E-state index in [1.165, 1.54) is 24.2 Å². The van der Waals surface area contributed by atoms with E-state index in [9.17, 15) is 14.7 Å². The van der Waals surface area contributed by atoms with Crippen LogP contribution in [0, 0.1) is 5.92 Å². The number of hydrogen-bond donors (Lipinski definition) is 2. The smallest absolute Gasteiger partial charge is 0.251 e. The van der Waals surface area contributed by atoms with E-state index >= 15 is 0 Å². The first kappa shape index (κ1) is 18.4. The Morgan fingerprint density at radius 2 is 2.04 bits per heavy atom. The van der Waals surface area contributed by atoms with Crippen LogP contribution in [0.2, 0.25) is 0 Å². The topological polar surface area (TPSA) is 82.5 Å². The molecule has 0 saturated heterocycles. The molecule has 6 heteroatoms. The van der Waals surface area contributed by atoms with Gasteiger partial charge in [0.1, 0.15) is 0 Å². The predicted molar refractivity (Wildman–Crippen MR) is 92.5 cm³/mol. The second-order valence-corrected chi connectivity index (χ2v) is 6.39. The van der Waals surface area contributed by atoms with Gasteiger partial charge in [-0.2, -0.15) is 0 Å². The molecule has 1 heterocycles. The molecule has 1 saturated carbocycles. The quantitative estimate of drug-likeness (QED) is 0.712. The molecule has 0 aromatic carbocycles. The molecule has 1 aliphatic carbocycles. The van der Waals surface area contributed by atoms with Crippen LogP contribution >= 0.6 is 0 Å². The van der Waals surface area contributed by atoms with Crippen LogP contribution in [0.15, 0.2) is 24.5 Å². The van der Waals surface area contributed by atoms with E-state index in [4.69, 9.17) is 0 Å². The monoisotopic (exact) mass is 333 g/mol. The standard InChI is InChI=1S/C18H27N3O3/c1-2-16(21(13-22)15-8-10-19-11-9-15)17(23)18(24)20-12-14-6-4-3-5-7-14/h8-11,13-14,16-17,23H,2-7,12H2,1H3,(H,20,24). The van der Waals surface area contributed by atoms with Gasteiger partial charge in [-0.1, -0.05) is 26.2 Å². The summed E-state index contributed by atoms with van der Waals surface area (Å²) in [4.78, 5) is 29.1. The van der Waals surface area contributed by atoms with Crippen LogP contribution in [0.4, 0.5) is 5.69 Å². The van der Waals surface area contributed by atoms with Crippen molar-refractivity contribution in [3.05, 3.63) is 24.5 Å². The number of pyridine rings is 1. The number of anilines is 1. The Hall–Kier alpha value is -1.95. The Balaban J connectivity index is 1.97. The Kier molecular flexibility index (Phi) is 7.18. The summed E-state index contributed by atoms with van der Waals surface area (Å²) in [6.45, 7) is 2.45. The van der Waals surface area contributed by atoms with Crippen molar-refractivity contribution in [3.8, 4) is 0 Å². The van der Waals surface area contributed by atoms with Gasteiger partial charge in [0, 0.05) is 24.6 Å². The van der Waals surface area contributed by atoms with E-state index in [-0.39, 0.29) is 0 Å². The maximum atomic E-state index is 12.3. The van der Waals surface area contributed by atoms with Crippen LogP contribution < -0.4 is 10.2 Å². The van der Waals surface area contributed by atoms with Crippen LogP contribution in [-0.2, 0) is 9.59 Å². The Bertz CT molecular complexity index is 518. The van der Waals surface area contributed by atoms with Crippen molar-refractivity contribution < 1.29 is 14.7 Å². The number of aliphatic hydroxyl groups excluding tert-OH is 1. The molecule has 2 rings (SSSR count). The van der Waals surface area contributed by atoms with Crippen LogP contribution in [0.25, 0.3) is 0 Å². The lowest BCUT2D eigenvalue weighted by Gasteiger charge is -2.31. The first-order valence-corrected chi connectivity index (χ1v) is 8.76. The molecule has 132 valence electrons. The van der Waals surface area contributed by atoms with E-state index in [2.05, 4.69) is 10.3 Å². The molecule has 1 fully saturated rings. The van der Waals surface area contributed by atoms with Gasteiger partial charge in [0.05, 0.1) is 6.04 Å². The summed E-state index contributed by atoms with van der Waals surface area (Å²) < 4.78 is 0. The number of amides is 2. The predicted octanol–water partition coefficient (Wildman–Crippen LogP) is 1.88. The lowest BCUT2D eigenvalue weighted by atomic mass is 9.89. The van der Waals surface area contributed by atoms with Crippen LogP contribution in [0.5, 0.6) is 0 Å². The molecule has 24 heavy (non-hydrogen) atoms. The lowest BCUT2D eigenvalue weighted by Crippen LogP contribution is -2.51. The van der Waals surface area contributed by atoms with Crippen molar-refractivity contribution in [1.29, 1.82) is 0 Å². The number of carbonyl (C=O) groups excluding carboxylic acids is 2. The fraction of sp³-hybridized carbons (Fsp3) is 0.611. The van der Waals surface area contributed by atoms with Crippen molar-refractivity contribution in [1.82, 2.24) is 10.3 Å². The summed E-state index contributed by atoms with van der Waals surface area (Å²) in [5, 5.41) is 13.3. The van der Waals surface area contributed by atoms with E-state index < -0.39 is 18.1 Å². The molecule has 1 aliphatic rings. The molecule has 6 nitrogen and oxygen atoms in total. The molecule has 0 bridgehead atoms. The minimum absolute atomic E-state index is 0.409. The van der Waals surface area contributed by atoms with Crippen molar-refractivity contribution in [2.75, 3.05) is 11.4 Å². The molecular weight excluding hydrogens is 306 g/mol. The summed E-state index contributed by atoms with van der Waals surface area (Å²) in [5.41, 5.74) is 0.617. The summed E-state index contributed by atoms with van der Waals surface area (Å²) in [6.07, 6.45) is 8.98. The zero-order valence-electron chi connectivity index (χ0n) is 14.2. The average molecular weight is 333 g/mol. The summed E-state index contributed by atoms with van der Waals surface area (Å²) in [7, 11) is 0.